The minimum absolute atomic E-state index is 0.813. The highest BCUT2D eigenvalue weighted by atomic mass is 32.2. The van der Waals surface area contributed by atoms with Gasteiger partial charge in [-0.2, -0.15) is 11.8 Å². The molecule has 4 heteroatoms. The van der Waals surface area contributed by atoms with Crippen LogP contribution in [0.1, 0.15) is 39.0 Å². The molecule has 2 rings (SSSR count). The molecule has 3 nitrogen and oxygen atoms in total. The van der Waals surface area contributed by atoms with Gasteiger partial charge in [0.1, 0.15) is 5.82 Å². The number of pyridine rings is 1. The number of aryl methyl sites for hydroxylation is 1. The largest absolute Gasteiger partial charge is 0.378 e. The summed E-state index contributed by atoms with van der Waals surface area (Å²) in [4.78, 5) is 6.91. The number of ether oxygens (including phenoxy) is 1. The van der Waals surface area contributed by atoms with Crippen molar-refractivity contribution in [3.8, 4) is 0 Å². The first-order chi connectivity index (χ1) is 9.79. The summed E-state index contributed by atoms with van der Waals surface area (Å²) in [5, 5.41) is 0. The summed E-state index contributed by atoms with van der Waals surface area (Å²) < 4.78 is 5.36. The summed E-state index contributed by atoms with van der Waals surface area (Å²) in [6.45, 7) is 13.6. The monoisotopic (exact) mass is 298 g/mol. The molecule has 0 bridgehead atoms. The summed E-state index contributed by atoms with van der Waals surface area (Å²) >= 11 is 1.85. The molecule has 0 aromatic carbocycles. The third kappa shape index (κ3) is 6.62. The molecule has 0 spiro atoms. The molecule has 0 amide bonds. The number of hydrogen-bond acceptors (Lipinski definition) is 4. The Bertz CT molecular complexity index is 352. The molecule has 0 N–H and O–H groups in total. The van der Waals surface area contributed by atoms with Gasteiger partial charge in [-0.3, -0.25) is 0 Å². The highest BCUT2D eigenvalue weighted by Crippen LogP contribution is 2.19. The highest BCUT2D eigenvalue weighted by molar-refractivity contribution is 7.97. The fraction of sp³-hybridized carbons (Fsp3) is 0.688. The summed E-state index contributed by atoms with van der Waals surface area (Å²) in [5.41, 5.74) is 2.47. The predicted molar refractivity (Wildman–Crippen MR) is 91.9 cm³/mol. The van der Waals surface area contributed by atoms with Crippen LogP contribution in [-0.2, 0) is 10.5 Å². The fourth-order valence-corrected chi connectivity index (χ4v) is 2.43. The van der Waals surface area contributed by atoms with Gasteiger partial charge in [0.2, 0.25) is 0 Å². The average molecular weight is 298 g/mol. The smallest absolute Gasteiger partial charge is 0.129 e. The van der Waals surface area contributed by atoms with Crippen molar-refractivity contribution in [3.63, 3.8) is 0 Å². The zero-order valence-electron chi connectivity index (χ0n) is 13.9. The van der Waals surface area contributed by atoms with Crippen molar-refractivity contribution < 1.29 is 4.74 Å². The molecule has 1 fully saturated rings. The predicted octanol–water partition coefficient (Wildman–Crippen LogP) is 4.14. The van der Waals surface area contributed by atoms with Crippen molar-refractivity contribution in [2.24, 2.45) is 0 Å². The molecular formula is C16H30N2OS. The Labute approximate surface area is 129 Å². The van der Waals surface area contributed by atoms with Gasteiger partial charge in [-0.25, -0.2) is 4.98 Å². The lowest BCUT2D eigenvalue weighted by Crippen LogP contribution is -2.36. The SMILES string of the molecule is CC.CC.CSCc1cc(C)nc(N2CCOCC2)c1. The highest BCUT2D eigenvalue weighted by Gasteiger charge is 2.13. The maximum atomic E-state index is 5.36. The van der Waals surface area contributed by atoms with E-state index in [1.54, 1.807) is 0 Å². The molecule has 0 unspecified atom stereocenters. The van der Waals surface area contributed by atoms with E-state index in [-0.39, 0.29) is 0 Å². The number of aromatic nitrogens is 1. The van der Waals surface area contributed by atoms with Gasteiger partial charge < -0.3 is 9.64 Å². The Morgan fingerprint density at radius 2 is 1.75 bits per heavy atom. The van der Waals surface area contributed by atoms with Gasteiger partial charge in [-0.05, 0) is 30.9 Å². The maximum absolute atomic E-state index is 5.36. The first kappa shape index (κ1) is 19.3. The van der Waals surface area contributed by atoms with E-state index < -0.39 is 0 Å². The second kappa shape index (κ2) is 12.0. The molecule has 0 saturated carbocycles. The topological polar surface area (TPSA) is 25.4 Å². The minimum Gasteiger partial charge on any atom is -0.378 e. The molecule has 116 valence electrons. The van der Waals surface area contributed by atoms with Crippen molar-refractivity contribution >= 4 is 17.6 Å². The molecule has 1 aromatic heterocycles. The van der Waals surface area contributed by atoms with Gasteiger partial charge in [0, 0.05) is 24.5 Å². The quantitative estimate of drug-likeness (QED) is 0.837. The Balaban J connectivity index is 0.000000829. The van der Waals surface area contributed by atoms with E-state index in [1.165, 1.54) is 5.56 Å². The average Bonchev–Trinajstić information content (AvgIpc) is 2.52. The third-order valence-corrected chi connectivity index (χ3v) is 3.27. The van der Waals surface area contributed by atoms with Crippen molar-refractivity contribution in [1.29, 1.82) is 0 Å². The summed E-state index contributed by atoms with van der Waals surface area (Å²) in [5.74, 6) is 2.16. The van der Waals surface area contributed by atoms with E-state index in [2.05, 4.69) is 35.2 Å². The van der Waals surface area contributed by atoms with Crippen LogP contribution >= 0.6 is 11.8 Å². The Hall–Kier alpha value is -0.740. The number of anilines is 1. The van der Waals surface area contributed by atoms with Crippen LogP contribution in [-0.4, -0.2) is 37.5 Å². The van der Waals surface area contributed by atoms with Crippen LogP contribution in [0.3, 0.4) is 0 Å². The van der Waals surface area contributed by atoms with E-state index in [1.807, 2.05) is 39.5 Å². The molecule has 1 aliphatic heterocycles. The van der Waals surface area contributed by atoms with Crippen LogP contribution in [0.5, 0.6) is 0 Å². The molecule has 2 heterocycles. The van der Waals surface area contributed by atoms with Gasteiger partial charge in [0.15, 0.2) is 0 Å². The number of hydrogen-bond donors (Lipinski definition) is 0. The lowest BCUT2D eigenvalue weighted by atomic mass is 10.2. The summed E-state index contributed by atoms with van der Waals surface area (Å²) in [6.07, 6.45) is 2.13. The van der Waals surface area contributed by atoms with Crippen LogP contribution in [0.25, 0.3) is 0 Å². The molecule has 1 aromatic rings. The maximum Gasteiger partial charge on any atom is 0.129 e. The van der Waals surface area contributed by atoms with E-state index in [0.29, 0.717) is 0 Å². The van der Waals surface area contributed by atoms with Crippen LogP contribution < -0.4 is 4.90 Å². The molecule has 20 heavy (non-hydrogen) atoms. The van der Waals surface area contributed by atoms with Gasteiger partial charge in [0.25, 0.3) is 0 Å². The van der Waals surface area contributed by atoms with E-state index in [0.717, 1.165) is 43.6 Å². The number of thioether (sulfide) groups is 1. The second-order valence-electron chi connectivity index (χ2n) is 4.01. The summed E-state index contributed by atoms with van der Waals surface area (Å²) in [6, 6.07) is 4.37. The lowest BCUT2D eigenvalue weighted by molar-refractivity contribution is 0.122. The van der Waals surface area contributed by atoms with Crippen molar-refractivity contribution in [2.75, 3.05) is 37.5 Å². The standard InChI is InChI=1S/C12H18N2OS.2C2H6/c1-10-7-11(9-16-2)8-12(13-10)14-3-5-15-6-4-14;2*1-2/h7-8H,3-6,9H2,1-2H3;2*1-2H3. The fourth-order valence-electron chi connectivity index (χ4n) is 1.93. The molecule has 0 aliphatic carbocycles. The van der Waals surface area contributed by atoms with E-state index >= 15 is 0 Å². The zero-order chi connectivity index (χ0) is 15.4. The molecule has 1 aliphatic rings. The second-order valence-corrected chi connectivity index (χ2v) is 4.87. The Kier molecular flexibility index (Phi) is 11.6. The number of morpholine rings is 1. The minimum atomic E-state index is 0.813. The molecule has 1 saturated heterocycles. The van der Waals surface area contributed by atoms with Gasteiger partial charge in [-0.1, -0.05) is 27.7 Å². The number of nitrogens with zero attached hydrogens (tertiary/aromatic N) is 2. The van der Waals surface area contributed by atoms with Crippen molar-refractivity contribution in [2.45, 2.75) is 40.4 Å². The zero-order valence-corrected chi connectivity index (χ0v) is 14.7. The molecule has 0 atom stereocenters. The molecule has 0 radical (unpaired) electrons. The van der Waals surface area contributed by atoms with Crippen LogP contribution in [0.2, 0.25) is 0 Å². The van der Waals surface area contributed by atoms with Crippen LogP contribution in [0, 0.1) is 6.92 Å². The van der Waals surface area contributed by atoms with Crippen molar-refractivity contribution in [3.05, 3.63) is 23.4 Å². The lowest BCUT2D eigenvalue weighted by Gasteiger charge is -2.28. The Morgan fingerprint density at radius 3 is 2.30 bits per heavy atom. The Morgan fingerprint density at radius 1 is 1.15 bits per heavy atom. The third-order valence-electron chi connectivity index (χ3n) is 2.65. The molecular weight excluding hydrogens is 268 g/mol. The van der Waals surface area contributed by atoms with E-state index in [4.69, 9.17) is 4.74 Å². The van der Waals surface area contributed by atoms with Gasteiger partial charge >= 0.3 is 0 Å². The van der Waals surface area contributed by atoms with E-state index in [9.17, 15) is 0 Å². The van der Waals surface area contributed by atoms with Gasteiger partial charge in [0.05, 0.1) is 13.2 Å². The van der Waals surface area contributed by atoms with Crippen molar-refractivity contribution in [1.82, 2.24) is 4.98 Å². The van der Waals surface area contributed by atoms with Crippen LogP contribution in [0.4, 0.5) is 5.82 Å². The summed E-state index contributed by atoms with van der Waals surface area (Å²) in [7, 11) is 0. The normalized spacial score (nSPS) is 13.8. The van der Waals surface area contributed by atoms with Crippen LogP contribution in [0.15, 0.2) is 12.1 Å². The number of rotatable bonds is 3. The first-order valence-corrected chi connectivity index (χ1v) is 8.98. The first-order valence-electron chi connectivity index (χ1n) is 7.59. The van der Waals surface area contributed by atoms with Gasteiger partial charge in [-0.15, -0.1) is 0 Å².